The van der Waals surface area contributed by atoms with E-state index >= 15 is 0 Å². The minimum Gasteiger partial charge on any atom is -0.469 e. The number of guanidine groups is 1. The fourth-order valence-corrected chi connectivity index (χ4v) is 2.12. The number of aromatic nitrogens is 1. The number of furan rings is 1. The van der Waals surface area contributed by atoms with E-state index in [1.54, 1.807) is 26.6 Å². The molecule has 2 rings (SSSR count). The third-order valence-corrected chi connectivity index (χ3v) is 3.82. The molecule has 0 aliphatic rings. The van der Waals surface area contributed by atoms with Crippen LogP contribution in [0.2, 0.25) is 0 Å². The lowest BCUT2D eigenvalue weighted by Gasteiger charge is -2.14. The summed E-state index contributed by atoms with van der Waals surface area (Å²) in [6, 6.07) is 3.77. The SMILES string of the molecule is CN(C)C(=O)CN=C(NCCc1ccco1)NCc1ncc(C(C)(C)C)o1. The average Bonchev–Trinajstić information content (AvgIpc) is 3.27. The summed E-state index contributed by atoms with van der Waals surface area (Å²) in [7, 11) is 3.41. The van der Waals surface area contributed by atoms with Crippen LogP contribution < -0.4 is 10.6 Å². The largest absolute Gasteiger partial charge is 0.469 e. The van der Waals surface area contributed by atoms with Crippen molar-refractivity contribution in [3.8, 4) is 0 Å². The molecule has 2 heterocycles. The van der Waals surface area contributed by atoms with Crippen LogP contribution in [0.1, 0.15) is 38.2 Å². The number of carbonyl (C=O) groups excluding carboxylic acids is 1. The van der Waals surface area contributed by atoms with Crippen molar-refractivity contribution in [2.45, 2.75) is 39.2 Å². The number of carbonyl (C=O) groups is 1. The predicted octanol–water partition coefficient (Wildman–Crippen LogP) is 1.93. The number of hydrogen-bond donors (Lipinski definition) is 2. The van der Waals surface area contributed by atoms with E-state index in [0.717, 1.165) is 11.5 Å². The highest BCUT2D eigenvalue weighted by atomic mass is 16.4. The summed E-state index contributed by atoms with van der Waals surface area (Å²) in [6.45, 7) is 7.26. The van der Waals surface area contributed by atoms with Gasteiger partial charge in [-0.2, -0.15) is 0 Å². The molecule has 0 aromatic carbocycles. The smallest absolute Gasteiger partial charge is 0.243 e. The molecule has 0 aliphatic heterocycles. The monoisotopic (exact) mass is 375 g/mol. The van der Waals surface area contributed by atoms with Crippen molar-refractivity contribution in [3.05, 3.63) is 42.0 Å². The first-order valence-electron chi connectivity index (χ1n) is 8.95. The van der Waals surface area contributed by atoms with Crippen LogP contribution >= 0.6 is 0 Å². The number of aliphatic imine (C=N–C) groups is 1. The van der Waals surface area contributed by atoms with Crippen molar-refractivity contribution in [1.82, 2.24) is 20.5 Å². The van der Waals surface area contributed by atoms with Crippen molar-refractivity contribution in [1.29, 1.82) is 0 Å². The molecule has 0 radical (unpaired) electrons. The Morgan fingerprint density at radius 1 is 1.30 bits per heavy atom. The minimum atomic E-state index is -0.0956. The summed E-state index contributed by atoms with van der Waals surface area (Å²) < 4.78 is 11.1. The maximum atomic E-state index is 11.8. The van der Waals surface area contributed by atoms with E-state index in [1.807, 2.05) is 12.1 Å². The summed E-state index contributed by atoms with van der Waals surface area (Å²) in [4.78, 5) is 22.0. The molecule has 27 heavy (non-hydrogen) atoms. The number of oxazole rings is 1. The van der Waals surface area contributed by atoms with Gasteiger partial charge in [0.1, 0.15) is 18.1 Å². The van der Waals surface area contributed by atoms with E-state index in [4.69, 9.17) is 8.83 Å². The number of rotatable bonds is 7. The Labute approximate surface area is 160 Å². The third kappa shape index (κ3) is 6.80. The van der Waals surface area contributed by atoms with E-state index < -0.39 is 0 Å². The summed E-state index contributed by atoms with van der Waals surface area (Å²) in [5.41, 5.74) is -0.0956. The maximum absolute atomic E-state index is 11.8. The van der Waals surface area contributed by atoms with E-state index in [1.165, 1.54) is 4.90 Å². The zero-order valence-electron chi connectivity index (χ0n) is 16.7. The molecule has 0 aliphatic carbocycles. The van der Waals surface area contributed by atoms with Crippen LogP contribution in [0.15, 0.2) is 38.4 Å². The van der Waals surface area contributed by atoms with Crippen molar-refractivity contribution in [3.63, 3.8) is 0 Å². The van der Waals surface area contributed by atoms with Gasteiger partial charge in [-0.15, -0.1) is 0 Å². The molecule has 0 unspecified atom stereocenters. The van der Waals surface area contributed by atoms with Gasteiger partial charge in [0, 0.05) is 32.5 Å². The van der Waals surface area contributed by atoms with Gasteiger partial charge in [-0.25, -0.2) is 9.98 Å². The fraction of sp³-hybridized carbons (Fsp3) is 0.526. The molecular weight excluding hydrogens is 346 g/mol. The number of amides is 1. The molecule has 2 aromatic rings. The lowest BCUT2D eigenvalue weighted by Crippen LogP contribution is -2.39. The van der Waals surface area contributed by atoms with E-state index in [-0.39, 0.29) is 17.9 Å². The molecule has 0 atom stereocenters. The van der Waals surface area contributed by atoms with Gasteiger partial charge in [0.2, 0.25) is 11.8 Å². The van der Waals surface area contributed by atoms with Gasteiger partial charge in [0.25, 0.3) is 0 Å². The van der Waals surface area contributed by atoms with Gasteiger partial charge >= 0.3 is 0 Å². The van der Waals surface area contributed by atoms with Crippen LogP contribution in [0.25, 0.3) is 0 Å². The number of likely N-dealkylation sites (N-methyl/N-ethyl adjacent to an activating group) is 1. The van der Waals surface area contributed by atoms with Gasteiger partial charge in [0.05, 0.1) is 19.0 Å². The second-order valence-electron chi connectivity index (χ2n) is 7.43. The van der Waals surface area contributed by atoms with Crippen molar-refractivity contribution in [2.75, 3.05) is 27.2 Å². The van der Waals surface area contributed by atoms with Gasteiger partial charge in [0.15, 0.2) is 5.96 Å². The van der Waals surface area contributed by atoms with Crippen LogP contribution in [0.4, 0.5) is 0 Å². The first kappa shape index (κ1) is 20.5. The standard InChI is InChI=1S/C19H29N5O3/c1-19(2,3)15-11-21-16(27-15)12-22-18(23-13-17(25)24(4)5)20-9-8-14-7-6-10-26-14/h6-7,10-11H,8-9,12-13H2,1-5H3,(H2,20,22,23). The predicted molar refractivity (Wildman–Crippen MR) is 103 cm³/mol. The van der Waals surface area contributed by atoms with E-state index in [0.29, 0.717) is 31.4 Å². The lowest BCUT2D eigenvalue weighted by atomic mass is 9.94. The number of nitrogens with one attached hydrogen (secondary N) is 2. The van der Waals surface area contributed by atoms with Gasteiger partial charge in [-0.3, -0.25) is 4.79 Å². The molecule has 8 nitrogen and oxygen atoms in total. The quantitative estimate of drug-likeness (QED) is 0.567. The number of hydrogen-bond acceptors (Lipinski definition) is 5. The lowest BCUT2D eigenvalue weighted by molar-refractivity contribution is -0.127. The Balaban J connectivity index is 1.94. The van der Waals surface area contributed by atoms with Crippen LogP contribution in [0.5, 0.6) is 0 Å². The normalized spacial score (nSPS) is 12.1. The van der Waals surface area contributed by atoms with Gasteiger partial charge in [-0.1, -0.05) is 20.8 Å². The molecule has 0 saturated carbocycles. The molecule has 2 N–H and O–H groups in total. The molecule has 148 valence electrons. The van der Waals surface area contributed by atoms with Gasteiger partial charge in [-0.05, 0) is 12.1 Å². The van der Waals surface area contributed by atoms with Crippen molar-refractivity contribution >= 4 is 11.9 Å². The molecule has 0 saturated heterocycles. The Morgan fingerprint density at radius 2 is 2.07 bits per heavy atom. The second kappa shape index (κ2) is 9.25. The van der Waals surface area contributed by atoms with Crippen molar-refractivity contribution in [2.24, 2.45) is 4.99 Å². The molecule has 2 aromatic heterocycles. The average molecular weight is 375 g/mol. The topological polar surface area (TPSA) is 95.9 Å². The zero-order chi connectivity index (χ0) is 19.9. The molecular formula is C19H29N5O3. The second-order valence-corrected chi connectivity index (χ2v) is 7.43. The van der Waals surface area contributed by atoms with E-state index in [2.05, 4.69) is 41.4 Å². The summed E-state index contributed by atoms with van der Waals surface area (Å²) in [5, 5.41) is 6.35. The highest BCUT2D eigenvalue weighted by Crippen LogP contribution is 2.22. The first-order valence-corrected chi connectivity index (χ1v) is 8.95. The summed E-state index contributed by atoms with van der Waals surface area (Å²) >= 11 is 0. The Bertz CT molecular complexity index is 742. The van der Waals surface area contributed by atoms with Crippen molar-refractivity contribution < 1.29 is 13.6 Å². The zero-order valence-corrected chi connectivity index (χ0v) is 16.7. The minimum absolute atomic E-state index is 0.0575. The van der Waals surface area contributed by atoms with E-state index in [9.17, 15) is 4.79 Å². The summed E-state index contributed by atoms with van der Waals surface area (Å²) in [6.07, 6.45) is 4.10. The highest BCUT2D eigenvalue weighted by molar-refractivity contribution is 5.84. The molecule has 8 heteroatoms. The summed E-state index contributed by atoms with van der Waals surface area (Å²) in [5.74, 6) is 2.72. The maximum Gasteiger partial charge on any atom is 0.243 e. The fourth-order valence-electron chi connectivity index (χ4n) is 2.12. The van der Waals surface area contributed by atoms with Crippen LogP contribution in [0.3, 0.4) is 0 Å². The van der Waals surface area contributed by atoms with Crippen LogP contribution in [-0.2, 0) is 23.2 Å². The highest BCUT2D eigenvalue weighted by Gasteiger charge is 2.19. The van der Waals surface area contributed by atoms with Gasteiger partial charge < -0.3 is 24.4 Å². The molecule has 0 spiro atoms. The number of nitrogens with zero attached hydrogens (tertiary/aromatic N) is 3. The molecule has 0 bridgehead atoms. The first-order chi connectivity index (χ1) is 12.8. The van der Waals surface area contributed by atoms with Crippen LogP contribution in [-0.4, -0.2) is 48.9 Å². The third-order valence-electron chi connectivity index (χ3n) is 3.82. The van der Waals surface area contributed by atoms with Crippen LogP contribution in [0, 0.1) is 0 Å². The molecule has 1 amide bonds. The Morgan fingerprint density at radius 3 is 2.67 bits per heavy atom. The Hall–Kier alpha value is -2.77. The Kier molecular flexibility index (Phi) is 7.04. The molecule has 0 fully saturated rings.